The van der Waals surface area contributed by atoms with E-state index < -0.39 is 5.97 Å². The first-order valence-corrected chi connectivity index (χ1v) is 7.55. The molecular formula is C17H20N2O4. The maximum Gasteiger partial charge on any atom is 0.377 e. The van der Waals surface area contributed by atoms with Crippen LogP contribution in [0.5, 0.6) is 0 Å². The molecule has 0 saturated carbocycles. The number of hydrogen-bond acceptors (Lipinski definition) is 5. The van der Waals surface area contributed by atoms with Crippen LogP contribution in [0, 0.1) is 6.92 Å². The molecule has 1 heterocycles. The van der Waals surface area contributed by atoms with Crippen LogP contribution in [-0.2, 0) is 9.53 Å². The van der Waals surface area contributed by atoms with Crippen molar-refractivity contribution in [1.82, 2.24) is 10.5 Å². The van der Waals surface area contributed by atoms with Gasteiger partial charge in [-0.05, 0) is 18.9 Å². The molecule has 1 aromatic carbocycles. The minimum Gasteiger partial charge on any atom is -0.450 e. The zero-order valence-corrected chi connectivity index (χ0v) is 13.2. The van der Waals surface area contributed by atoms with Gasteiger partial charge in [0.25, 0.3) is 5.91 Å². The molecule has 0 bridgehead atoms. The van der Waals surface area contributed by atoms with Crippen molar-refractivity contribution in [3.05, 3.63) is 53.4 Å². The topological polar surface area (TPSA) is 81.4 Å². The third kappa shape index (κ3) is 4.95. The lowest BCUT2D eigenvalue weighted by Crippen LogP contribution is -2.32. The predicted molar refractivity (Wildman–Crippen MR) is 83.8 cm³/mol. The second kappa shape index (κ2) is 8.12. The summed E-state index contributed by atoms with van der Waals surface area (Å²) in [6.45, 7) is 3.39. The summed E-state index contributed by atoms with van der Waals surface area (Å²) in [6, 6.07) is 11.1. The Morgan fingerprint density at radius 2 is 2.04 bits per heavy atom. The average Bonchev–Trinajstić information content (AvgIpc) is 2.99. The van der Waals surface area contributed by atoms with E-state index in [1.165, 1.54) is 6.07 Å². The van der Waals surface area contributed by atoms with Crippen molar-refractivity contribution < 1.29 is 18.8 Å². The summed E-state index contributed by atoms with van der Waals surface area (Å²) in [5.74, 6) is -1.06. The molecule has 1 amide bonds. The summed E-state index contributed by atoms with van der Waals surface area (Å²) in [4.78, 5) is 23.7. The maximum atomic E-state index is 12.0. The molecule has 0 radical (unpaired) electrons. The molecule has 1 N–H and O–H groups in total. The number of carbonyl (C=O) groups is 2. The van der Waals surface area contributed by atoms with Crippen LogP contribution in [0.3, 0.4) is 0 Å². The van der Waals surface area contributed by atoms with E-state index in [4.69, 9.17) is 9.26 Å². The predicted octanol–water partition coefficient (Wildman–Crippen LogP) is 2.80. The fourth-order valence-electron chi connectivity index (χ4n) is 2.19. The number of esters is 1. The molecule has 0 aliphatic rings. The SMILES string of the molecule is CCC[C@@H](NC(=O)COC(=O)c1cc(C)no1)c1ccccc1. The molecule has 122 valence electrons. The third-order valence-electron chi connectivity index (χ3n) is 3.28. The summed E-state index contributed by atoms with van der Waals surface area (Å²) < 4.78 is 9.72. The number of ether oxygens (including phenoxy) is 1. The quantitative estimate of drug-likeness (QED) is 0.794. The third-order valence-corrected chi connectivity index (χ3v) is 3.28. The molecule has 0 saturated heterocycles. The molecule has 23 heavy (non-hydrogen) atoms. The van der Waals surface area contributed by atoms with Crippen molar-refractivity contribution in [1.29, 1.82) is 0 Å². The van der Waals surface area contributed by atoms with E-state index >= 15 is 0 Å². The van der Waals surface area contributed by atoms with Crippen LogP contribution < -0.4 is 5.32 Å². The molecule has 0 aliphatic carbocycles. The van der Waals surface area contributed by atoms with E-state index in [1.54, 1.807) is 6.92 Å². The van der Waals surface area contributed by atoms with Gasteiger partial charge in [0, 0.05) is 6.07 Å². The molecule has 0 spiro atoms. The lowest BCUT2D eigenvalue weighted by Gasteiger charge is -2.18. The van der Waals surface area contributed by atoms with Crippen molar-refractivity contribution >= 4 is 11.9 Å². The van der Waals surface area contributed by atoms with E-state index in [1.807, 2.05) is 37.3 Å². The lowest BCUT2D eigenvalue weighted by atomic mass is 10.0. The van der Waals surface area contributed by atoms with Crippen molar-refractivity contribution in [2.75, 3.05) is 6.61 Å². The molecule has 0 unspecified atom stereocenters. The number of amides is 1. The summed E-state index contributed by atoms with van der Waals surface area (Å²) in [6.07, 6.45) is 1.74. The number of aromatic nitrogens is 1. The van der Waals surface area contributed by atoms with Gasteiger partial charge in [-0.15, -0.1) is 0 Å². The van der Waals surface area contributed by atoms with Gasteiger partial charge in [-0.3, -0.25) is 4.79 Å². The zero-order valence-electron chi connectivity index (χ0n) is 13.2. The van der Waals surface area contributed by atoms with Crippen molar-refractivity contribution in [3.8, 4) is 0 Å². The second-order valence-corrected chi connectivity index (χ2v) is 5.23. The van der Waals surface area contributed by atoms with E-state index in [0.29, 0.717) is 5.69 Å². The van der Waals surface area contributed by atoms with E-state index in [0.717, 1.165) is 18.4 Å². The smallest absolute Gasteiger partial charge is 0.377 e. The highest BCUT2D eigenvalue weighted by atomic mass is 16.6. The molecule has 2 aromatic rings. The number of rotatable bonds is 7. The standard InChI is InChI=1S/C17H20N2O4/c1-3-7-14(13-8-5-4-6-9-13)18-16(20)11-22-17(21)15-10-12(2)19-23-15/h4-6,8-10,14H,3,7,11H2,1-2H3,(H,18,20)/t14-/m1/s1. The maximum absolute atomic E-state index is 12.0. The number of carbonyl (C=O) groups excluding carboxylic acids is 2. The van der Waals surface area contributed by atoms with Crippen molar-refractivity contribution in [2.24, 2.45) is 0 Å². The van der Waals surface area contributed by atoms with Gasteiger partial charge in [-0.1, -0.05) is 48.8 Å². The van der Waals surface area contributed by atoms with Crippen molar-refractivity contribution in [2.45, 2.75) is 32.7 Å². The minimum atomic E-state index is -0.701. The van der Waals surface area contributed by atoms with Gasteiger partial charge in [0.05, 0.1) is 11.7 Å². The first-order chi connectivity index (χ1) is 11.1. The van der Waals surface area contributed by atoms with E-state index in [9.17, 15) is 9.59 Å². The Kier molecular flexibility index (Phi) is 5.91. The summed E-state index contributed by atoms with van der Waals surface area (Å²) in [5.41, 5.74) is 1.60. The molecule has 0 fully saturated rings. The summed E-state index contributed by atoms with van der Waals surface area (Å²) >= 11 is 0. The lowest BCUT2D eigenvalue weighted by molar-refractivity contribution is -0.125. The first-order valence-electron chi connectivity index (χ1n) is 7.55. The molecule has 6 heteroatoms. The van der Waals surface area contributed by atoms with Gasteiger partial charge in [0.2, 0.25) is 5.76 Å². The van der Waals surface area contributed by atoms with Crippen LogP contribution in [-0.4, -0.2) is 23.6 Å². The molecule has 1 aromatic heterocycles. The highest BCUT2D eigenvalue weighted by molar-refractivity contribution is 5.88. The molecule has 6 nitrogen and oxygen atoms in total. The Morgan fingerprint density at radius 1 is 1.30 bits per heavy atom. The van der Waals surface area contributed by atoms with Crippen LogP contribution >= 0.6 is 0 Å². The van der Waals surface area contributed by atoms with Crippen LogP contribution in [0.2, 0.25) is 0 Å². The number of benzene rings is 1. The van der Waals surface area contributed by atoms with Gasteiger partial charge in [0.1, 0.15) is 0 Å². The normalized spacial score (nSPS) is 11.7. The molecule has 0 aliphatic heterocycles. The Morgan fingerprint density at radius 3 is 2.65 bits per heavy atom. The van der Waals surface area contributed by atoms with E-state index in [-0.39, 0.29) is 24.3 Å². The molecule has 2 rings (SSSR count). The van der Waals surface area contributed by atoms with Gasteiger partial charge >= 0.3 is 5.97 Å². The molecular weight excluding hydrogens is 296 g/mol. The van der Waals surface area contributed by atoms with Gasteiger partial charge in [-0.25, -0.2) is 4.79 Å². The van der Waals surface area contributed by atoms with Gasteiger partial charge in [0.15, 0.2) is 6.61 Å². The fraction of sp³-hybridized carbons (Fsp3) is 0.353. The zero-order chi connectivity index (χ0) is 16.7. The van der Waals surface area contributed by atoms with Crippen LogP contribution in [0.1, 0.15) is 47.6 Å². The number of hydrogen-bond donors (Lipinski definition) is 1. The Hall–Kier alpha value is -2.63. The van der Waals surface area contributed by atoms with Crippen molar-refractivity contribution in [3.63, 3.8) is 0 Å². The fourth-order valence-corrected chi connectivity index (χ4v) is 2.19. The van der Waals surface area contributed by atoms with Gasteiger partial charge < -0.3 is 14.6 Å². The van der Waals surface area contributed by atoms with Crippen LogP contribution in [0.4, 0.5) is 0 Å². The second-order valence-electron chi connectivity index (χ2n) is 5.23. The minimum absolute atomic E-state index is 0.0107. The summed E-state index contributed by atoms with van der Waals surface area (Å²) in [7, 11) is 0. The Labute approximate surface area is 134 Å². The van der Waals surface area contributed by atoms with Crippen LogP contribution in [0.15, 0.2) is 40.9 Å². The Balaban J connectivity index is 1.88. The Bertz CT molecular complexity index is 652. The van der Waals surface area contributed by atoms with Gasteiger partial charge in [-0.2, -0.15) is 0 Å². The first kappa shape index (κ1) is 16.7. The number of nitrogens with zero attached hydrogens (tertiary/aromatic N) is 1. The number of nitrogens with one attached hydrogen (secondary N) is 1. The highest BCUT2D eigenvalue weighted by Crippen LogP contribution is 2.17. The number of aryl methyl sites for hydroxylation is 1. The largest absolute Gasteiger partial charge is 0.450 e. The van der Waals surface area contributed by atoms with E-state index in [2.05, 4.69) is 10.5 Å². The summed E-state index contributed by atoms with van der Waals surface area (Å²) in [5, 5.41) is 6.48. The highest BCUT2D eigenvalue weighted by Gasteiger charge is 2.17. The molecule has 1 atom stereocenters. The monoisotopic (exact) mass is 316 g/mol. The van der Waals surface area contributed by atoms with Crippen LogP contribution in [0.25, 0.3) is 0 Å². The average molecular weight is 316 g/mol.